The summed E-state index contributed by atoms with van der Waals surface area (Å²) in [6, 6.07) is 5.03. The van der Waals surface area contributed by atoms with Crippen LogP contribution in [-0.4, -0.2) is 44.7 Å². The molecule has 1 aromatic heterocycles. The van der Waals surface area contributed by atoms with E-state index >= 15 is 0 Å². The molecule has 0 saturated heterocycles. The second-order valence-electron chi connectivity index (χ2n) is 5.11. The third kappa shape index (κ3) is 3.41. The monoisotopic (exact) mass is 369 g/mol. The first-order valence-electron chi connectivity index (χ1n) is 6.97. The number of nitrogens with zero attached hydrogens (tertiary/aromatic N) is 3. The Morgan fingerprint density at radius 2 is 2.17 bits per heavy atom. The lowest BCUT2D eigenvalue weighted by molar-refractivity contribution is -0.114. The molecular weight excluding hydrogens is 354 g/mol. The predicted molar refractivity (Wildman–Crippen MR) is 90.2 cm³/mol. The van der Waals surface area contributed by atoms with Crippen LogP contribution < -0.4 is 19.7 Å². The molecule has 0 fully saturated rings. The van der Waals surface area contributed by atoms with Gasteiger partial charge in [0.25, 0.3) is 14.4 Å². The number of fused-ring (bicyclic) bond motifs is 1. The van der Waals surface area contributed by atoms with Crippen LogP contribution in [0.25, 0.3) is 0 Å². The van der Waals surface area contributed by atoms with Gasteiger partial charge >= 0.3 is 0 Å². The minimum absolute atomic E-state index is 0.126. The molecule has 0 aliphatic carbocycles. The highest BCUT2D eigenvalue weighted by molar-refractivity contribution is 7.94. The molecule has 1 aromatic carbocycles. The maximum atomic E-state index is 12.4. The van der Waals surface area contributed by atoms with Gasteiger partial charge in [-0.3, -0.25) is 9.52 Å². The van der Waals surface area contributed by atoms with Gasteiger partial charge in [-0.2, -0.15) is 8.42 Å². The molecule has 0 bridgehead atoms. The zero-order chi connectivity index (χ0) is 17.3. The average molecular weight is 369 g/mol. The fourth-order valence-electron chi connectivity index (χ4n) is 2.13. The summed E-state index contributed by atoms with van der Waals surface area (Å²) in [7, 11) is -1.98. The summed E-state index contributed by atoms with van der Waals surface area (Å²) in [5.41, 5.74) is 1.19. The van der Waals surface area contributed by atoms with Crippen molar-refractivity contribution < 1.29 is 17.9 Å². The number of rotatable bonds is 4. The van der Waals surface area contributed by atoms with Crippen molar-refractivity contribution >= 4 is 43.8 Å². The van der Waals surface area contributed by atoms with Gasteiger partial charge in [0.1, 0.15) is 12.4 Å². The molecular formula is C13H15N5O4S2. The summed E-state index contributed by atoms with van der Waals surface area (Å²) in [5.74, 6) is 0.358. The first kappa shape index (κ1) is 16.5. The molecule has 2 heterocycles. The normalized spacial score (nSPS) is 13.8. The zero-order valence-electron chi connectivity index (χ0n) is 12.9. The molecule has 1 aliphatic heterocycles. The first-order chi connectivity index (χ1) is 11.3. The van der Waals surface area contributed by atoms with Crippen molar-refractivity contribution in [3.63, 3.8) is 0 Å². The Hall–Kier alpha value is -2.40. The number of aromatic nitrogens is 2. The summed E-state index contributed by atoms with van der Waals surface area (Å²) >= 11 is 0.777. The van der Waals surface area contributed by atoms with Gasteiger partial charge in [-0.1, -0.05) is 11.3 Å². The van der Waals surface area contributed by atoms with E-state index in [2.05, 4.69) is 20.2 Å². The summed E-state index contributed by atoms with van der Waals surface area (Å²) in [4.78, 5) is 13.0. The van der Waals surface area contributed by atoms with Gasteiger partial charge in [-0.15, -0.1) is 10.2 Å². The number of anilines is 3. The Kier molecular flexibility index (Phi) is 4.28. The maximum Gasteiger partial charge on any atom is 0.291 e. The van der Waals surface area contributed by atoms with Crippen LogP contribution >= 0.6 is 11.3 Å². The summed E-state index contributed by atoms with van der Waals surface area (Å²) < 4.78 is 32.5. The molecule has 24 heavy (non-hydrogen) atoms. The van der Waals surface area contributed by atoms with Crippen molar-refractivity contribution in [2.45, 2.75) is 11.3 Å². The predicted octanol–water partition coefficient (Wildman–Crippen LogP) is 1.13. The van der Waals surface area contributed by atoms with Gasteiger partial charge < -0.3 is 15.0 Å². The second kappa shape index (κ2) is 6.24. The van der Waals surface area contributed by atoms with Gasteiger partial charge in [-0.05, 0) is 18.2 Å². The second-order valence-corrected chi connectivity index (χ2v) is 7.95. The van der Waals surface area contributed by atoms with E-state index in [1.54, 1.807) is 18.2 Å². The third-order valence-corrected chi connectivity index (χ3v) is 5.81. The van der Waals surface area contributed by atoms with Crippen LogP contribution in [0.4, 0.5) is 16.5 Å². The number of hydrogen-bond donors (Lipinski definition) is 2. The maximum absolute atomic E-state index is 12.4. The van der Waals surface area contributed by atoms with Crippen molar-refractivity contribution in [3.8, 4) is 5.75 Å². The Morgan fingerprint density at radius 3 is 2.92 bits per heavy atom. The van der Waals surface area contributed by atoms with Crippen molar-refractivity contribution in [1.82, 2.24) is 10.2 Å². The largest absolute Gasteiger partial charge is 0.490 e. The molecule has 0 atom stereocenters. The van der Waals surface area contributed by atoms with Gasteiger partial charge in [0.15, 0.2) is 0 Å². The van der Waals surface area contributed by atoms with Crippen LogP contribution in [0.2, 0.25) is 0 Å². The molecule has 128 valence electrons. The van der Waals surface area contributed by atoms with Crippen molar-refractivity contribution in [2.75, 3.05) is 35.1 Å². The van der Waals surface area contributed by atoms with E-state index in [-0.39, 0.29) is 15.4 Å². The molecule has 2 aromatic rings. The van der Waals surface area contributed by atoms with E-state index in [9.17, 15) is 13.2 Å². The van der Waals surface area contributed by atoms with Gasteiger partial charge in [0, 0.05) is 14.0 Å². The lowest BCUT2D eigenvalue weighted by atomic mass is 10.2. The molecule has 2 N–H and O–H groups in total. The molecule has 0 saturated carbocycles. The zero-order valence-corrected chi connectivity index (χ0v) is 14.6. The SMILES string of the molecule is CC(=O)Nc1nnc(S(=O)(=O)Nc2ccc3c(c2)N(C)CCO3)s1. The fourth-order valence-corrected chi connectivity index (χ4v) is 4.13. The van der Waals surface area contributed by atoms with Gasteiger partial charge in [0.05, 0.1) is 17.9 Å². The molecule has 3 rings (SSSR count). The number of carbonyl (C=O) groups is 1. The Balaban J connectivity index is 1.83. The molecule has 0 unspecified atom stereocenters. The fraction of sp³-hybridized carbons (Fsp3) is 0.308. The van der Waals surface area contributed by atoms with Crippen LogP contribution in [0.15, 0.2) is 22.5 Å². The molecule has 9 nitrogen and oxygen atoms in total. The van der Waals surface area contributed by atoms with Crippen molar-refractivity contribution in [3.05, 3.63) is 18.2 Å². The lowest BCUT2D eigenvalue weighted by Crippen LogP contribution is -2.28. The van der Waals surface area contributed by atoms with Crippen molar-refractivity contribution in [1.29, 1.82) is 0 Å². The first-order valence-corrected chi connectivity index (χ1v) is 9.27. The van der Waals surface area contributed by atoms with Crippen molar-refractivity contribution in [2.24, 2.45) is 0 Å². The lowest BCUT2D eigenvalue weighted by Gasteiger charge is -2.28. The average Bonchev–Trinajstić information content (AvgIpc) is 2.96. The van der Waals surface area contributed by atoms with E-state index in [0.29, 0.717) is 18.0 Å². The molecule has 1 amide bonds. The van der Waals surface area contributed by atoms with E-state index < -0.39 is 10.0 Å². The van der Waals surface area contributed by atoms with Crippen LogP contribution in [0.3, 0.4) is 0 Å². The molecule has 11 heteroatoms. The highest BCUT2D eigenvalue weighted by Crippen LogP contribution is 2.34. The Bertz CT molecular complexity index is 880. The Morgan fingerprint density at radius 1 is 1.38 bits per heavy atom. The number of amides is 1. The third-order valence-electron chi connectivity index (χ3n) is 3.23. The topological polar surface area (TPSA) is 114 Å². The number of nitrogens with one attached hydrogen (secondary N) is 2. The highest BCUT2D eigenvalue weighted by Gasteiger charge is 2.22. The molecule has 0 spiro atoms. The number of benzene rings is 1. The number of sulfonamides is 1. The Labute approximate surface area is 142 Å². The van der Waals surface area contributed by atoms with Crippen LogP contribution in [-0.2, 0) is 14.8 Å². The number of ether oxygens (including phenoxy) is 1. The number of carbonyl (C=O) groups excluding carboxylic acids is 1. The summed E-state index contributed by atoms with van der Waals surface area (Å²) in [6.07, 6.45) is 0. The summed E-state index contributed by atoms with van der Waals surface area (Å²) in [5, 5.41) is 9.77. The van der Waals surface area contributed by atoms with Gasteiger partial charge in [-0.25, -0.2) is 0 Å². The summed E-state index contributed by atoms with van der Waals surface area (Å²) in [6.45, 7) is 2.62. The van der Waals surface area contributed by atoms with Crippen LogP contribution in [0.5, 0.6) is 5.75 Å². The minimum atomic E-state index is -3.89. The van der Waals surface area contributed by atoms with E-state index in [4.69, 9.17) is 4.74 Å². The highest BCUT2D eigenvalue weighted by atomic mass is 32.2. The van der Waals surface area contributed by atoms with E-state index in [0.717, 1.165) is 23.6 Å². The van der Waals surface area contributed by atoms with Gasteiger partial charge in [0.2, 0.25) is 11.0 Å². The number of hydrogen-bond acceptors (Lipinski definition) is 8. The smallest absolute Gasteiger partial charge is 0.291 e. The molecule has 0 radical (unpaired) electrons. The molecule has 1 aliphatic rings. The quantitative estimate of drug-likeness (QED) is 0.777. The van der Waals surface area contributed by atoms with Crippen LogP contribution in [0, 0.1) is 0 Å². The minimum Gasteiger partial charge on any atom is -0.490 e. The van der Waals surface area contributed by atoms with E-state index in [1.807, 2.05) is 11.9 Å². The standard InChI is InChI=1S/C13H15N5O4S2/c1-8(19)14-12-15-16-13(23-12)24(20,21)17-9-3-4-11-10(7-9)18(2)5-6-22-11/h3-4,7,17H,5-6H2,1-2H3,(H,14,15,19). The van der Waals surface area contributed by atoms with E-state index in [1.165, 1.54) is 6.92 Å². The number of likely N-dealkylation sites (N-methyl/N-ethyl adjacent to an activating group) is 1. The van der Waals surface area contributed by atoms with Crippen LogP contribution in [0.1, 0.15) is 6.92 Å².